The lowest BCUT2D eigenvalue weighted by Crippen LogP contribution is -2.39. The number of benzene rings is 2. The number of amides is 1. The van der Waals surface area contributed by atoms with Crippen LogP contribution in [0.2, 0.25) is 0 Å². The zero-order valence-corrected chi connectivity index (χ0v) is 13.9. The van der Waals surface area contributed by atoms with Crippen molar-refractivity contribution in [2.75, 3.05) is 6.61 Å². The summed E-state index contributed by atoms with van der Waals surface area (Å²) in [6, 6.07) is 15.3. The van der Waals surface area contributed by atoms with Gasteiger partial charge in [-0.3, -0.25) is 4.79 Å². The van der Waals surface area contributed by atoms with Gasteiger partial charge in [-0.2, -0.15) is 0 Å². The van der Waals surface area contributed by atoms with Crippen molar-refractivity contribution in [1.29, 1.82) is 0 Å². The highest BCUT2D eigenvalue weighted by Gasteiger charge is 2.44. The van der Waals surface area contributed by atoms with Crippen LogP contribution < -0.4 is 5.32 Å². The lowest BCUT2D eigenvalue weighted by atomic mass is 9.86. The first-order valence-corrected chi connectivity index (χ1v) is 9.14. The van der Waals surface area contributed by atoms with Gasteiger partial charge < -0.3 is 10.4 Å². The molecule has 2 fully saturated rings. The number of fused-ring (bicyclic) bond motifs is 1. The summed E-state index contributed by atoms with van der Waals surface area (Å²) in [5, 5.41) is 15.0. The first kappa shape index (κ1) is 15.6. The van der Waals surface area contributed by atoms with Gasteiger partial charge in [0, 0.05) is 18.6 Å². The van der Waals surface area contributed by atoms with Crippen molar-refractivity contribution in [2.45, 2.75) is 44.1 Å². The molecule has 2 aliphatic carbocycles. The topological polar surface area (TPSA) is 49.3 Å². The highest BCUT2D eigenvalue weighted by atomic mass is 16.3. The predicted molar refractivity (Wildman–Crippen MR) is 95.8 cm³/mol. The van der Waals surface area contributed by atoms with Gasteiger partial charge in [0.15, 0.2) is 0 Å². The quantitative estimate of drug-likeness (QED) is 0.903. The number of aliphatic hydroxyl groups is 1. The Morgan fingerprint density at radius 2 is 1.79 bits per heavy atom. The highest BCUT2D eigenvalue weighted by Crippen LogP contribution is 2.48. The molecule has 3 heteroatoms. The summed E-state index contributed by atoms with van der Waals surface area (Å²) in [5.41, 5.74) is 1.29. The second-order valence-electron chi connectivity index (χ2n) is 7.46. The van der Waals surface area contributed by atoms with Crippen molar-refractivity contribution in [3.05, 3.63) is 48.0 Å². The zero-order chi connectivity index (χ0) is 16.5. The molecule has 0 spiro atoms. The molecule has 24 heavy (non-hydrogen) atoms. The summed E-state index contributed by atoms with van der Waals surface area (Å²) in [7, 11) is 0. The maximum atomic E-state index is 12.5. The number of hydrogen-bond acceptors (Lipinski definition) is 2. The average molecular weight is 323 g/mol. The molecule has 2 aromatic rings. The van der Waals surface area contributed by atoms with Crippen LogP contribution in [0.15, 0.2) is 42.5 Å². The van der Waals surface area contributed by atoms with Gasteiger partial charge in [0.25, 0.3) is 0 Å². The summed E-state index contributed by atoms with van der Waals surface area (Å²) in [6.45, 7) is 0.285. The predicted octanol–water partition coefficient (Wildman–Crippen LogP) is 3.61. The first-order valence-electron chi connectivity index (χ1n) is 9.14. The second kappa shape index (κ2) is 6.56. The molecule has 2 saturated carbocycles. The van der Waals surface area contributed by atoms with Crippen LogP contribution in [0.3, 0.4) is 0 Å². The Kier molecular flexibility index (Phi) is 4.28. The van der Waals surface area contributed by atoms with E-state index < -0.39 is 0 Å². The fraction of sp³-hybridized carbons (Fsp3) is 0.476. The Morgan fingerprint density at radius 3 is 2.54 bits per heavy atom. The molecule has 3 nitrogen and oxygen atoms in total. The third kappa shape index (κ3) is 3.18. The Labute approximate surface area is 143 Å². The molecule has 2 aromatic carbocycles. The monoisotopic (exact) mass is 323 g/mol. The molecule has 2 atom stereocenters. The first-order chi connectivity index (χ1) is 11.7. The van der Waals surface area contributed by atoms with Gasteiger partial charge in [-0.1, -0.05) is 42.5 Å². The van der Waals surface area contributed by atoms with E-state index in [4.69, 9.17) is 0 Å². The van der Waals surface area contributed by atoms with Crippen LogP contribution in [0.4, 0.5) is 0 Å². The molecule has 2 unspecified atom stereocenters. The van der Waals surface area contributed by atoms with Gasteiger partial charge in [0.05, 0.1) is 0 Å². The van der Waals surface area contributed by atoms with Crippen molar-refractivity contribution < 1.29 is 9.90 Å². The van der Waals surface area contributed by atoms with Gasteiger partial charge in [-0.15, -0.1) is 0 Å². The summed E-state index contributed by atoms with van der Waals surface area (Å²) in [6.07, 6.45) is 5.03. The van der Waals surface area contributed by atoms with Crippen molar-refractivity contribution in [3.63, 3.8) is 0 Å². The SMILES string of the molecule is O=C(NC1CCC(CO)CC1)C1CC1c1ccc2ccccc2c1. The van der Waals surface area contributed by atoms with Crippen LogP contribution >= 0.6 is 0 Å². The van der Waals surface area contributed by atoms with Gasteiger partial charge in [-0.05, 0) is 60.3 Å². The second-order valence-corrected chi connectivity index (χ2v) is 7.46. The molecule has 0 bridgehead atoms. The van der Waals surface area contributed by atoms with Crippen molar-refractivity contribution in [2.24, 2.45) is 11.8 Å². The minimum Gasteiger partial charge on any atom is -0.396 e. The molecular formula is C21H25NO2. The number of hydrogen-bond donors (Lipinski definition) is 2. The third-order valence-electron chi connectivity index (χ3n) is 5.78. The highest BCUT2D eigenvalue weighted by molar-refractivity contribution is 5.86. The standard InChI is InChI=1S/C21H25NO2/c23-13-14-5-9-18(10-6-14)22-21(24)20-12-19(20)17-8-7-15-3-1-2-4-16(15)11-17/h1-4,7-8,11,14,18-20,23H,5-6,9-10,12-13H2,(H,22,24). The summed E-state index contributed by atoms with van der Waals surface area (Å²) >= 11 is 0. The van der Waals surface area contributed by atoms with E-state index in [0.29, 0.717) is 17.9 Å². The van der Waals surface area contributed by atoms with Gasteiger partial charge in [-0.25, -0.2) is 0 Å². The van der Waals surface area contributed by atoms with Gasteiger partial charge >= 0.3 is 0 Å². The Morgan fingerprint density at radius 1 is 1.04 bits per heavy atom. The van der Waals surface area contributed by atoms with Crippen LogP contribution in [-0.2, 0) is 4.79 Å². The number of aliphatic hydroxyl groups excluding tert-OH is 1. The van der Waals surface area contributed by atoms with Crippen LogP contribution in [0.25, 0.3) is 10.8 Å². The van der Waals surface area contributed by atoms with Gasteiger partial charge in [0.1, 0.15) is 0 Å². The zero-order valence-electron chi connectivity index (χ0n) is 13.9. The summed E-state index contributed by atoms with van der Waals surface area (Å²) < 4.78 is 0. The van der Waals surface area contributed by atoms with E-state index >= 15 is 0 Å². The van der Waals surface area contributed by atoms with Crippen LogP contribution in [0.5, 0.6) is 0 Å². The van der Waals surface area contributed by atoms with Crippen molar-refractivity contribution in [3.8, 4) is 0 Å². The van der Waals surface area contributed by atoms with E-state index in [2.05, 4.69) is 47.8 Å². The fourth-order valence-electron chi connectivity index (χ4n) is 4.09. The third-order valence-corrected chi connectivity index (χ3v) is 5.78. The average Bonchev–Trinajstić information content (AvgIpc) is 3.43. The normalized spacial score (nSPS) is 29.4. The van der Waals surface area contributed by atoms with Crippen LogP contribution in [0, 0.1) is 11.8 Å². The Hall–Kier alpha value is -1.87. The molecule has 0 heterocycles. The lowest BCUT2D eigenvalue weighted by molar-refractivity contribution is -0.123. The minimum absolute atomic E-state index is 0.140. The molecule has 1 amide bonds. The minimum atomic E-state index is 0.140. The molecule has 0 aliphatic heterocycles. The van der Waals surface area contributed by atoms with Crippen LogP contribution in [-0.4, -0.2) is 23.7 Å². The largest absolute Gasteiger partial charge is 0.396 e. The van der Waals surface area contributed by atoms with E-state index in [1.54, 1.807) is 0 Å². The maximum absolute atomic E-state index is 12.5. The molecule has 4 rings (SSSR count). The van der Waals surface area contributed by atoms with E-state index in [1.807, 2.05) is 0 Å². The number of carbonyl (C=O) groups is 1. The Balaban J connectivity index is 1.36. The number of nitrogens with one attached hydrogen (secondary N) is 1. The van der Waals surface area contributed by atoms with E-state index in [9.17, 15) is 9.90 Å². The molecule has 0 radical (unpaired) electrons. The molecular weight excluding hydrogens is 298 g/mol. The van der Waals surface area contributed by atoms with Gasteiger partial charge in [0.2, 0.25) is 5.91 Å². The summed E-state index contributed by atoms with van der Waals surface area (Å²) in [4.78, 5) is 12.5. The summed E-state index contributed by atoms with van der Waals surface area (Å²) in [5.74, 6) is 1.18. The number of carbonyl (C=O) groups excluding carboxylic acids is 1. The van der Waals surface area contributed by atoms with E-state index in [1.165, 1.54) is 16.3 Å². The van der Waals surface area contributed by atoms with Crippen molar-refractivity contribution in [1.82, 2.24) is 5.32 Å². The van der Waals surface area contributed by atoms with Crippen molar-refractivity contribution >= 4 is 16.7 Å². The molecule has 2 N–H and O–H groups in total. The smallest absolute Gasteiger partial charge is 0.223 e. The fourth-order valence-corrected chi connectivity index (χ4v) is 4.09. The number of rotatable bonds is 4. The van der Waals surface area contributed by atoms with E-state index in [0.717, 1.165) is 32.1 Å². The molecule has 2 aliphatic rings. The van der Waals surface area contributed by atoms with E-state index in [-0.39, 0.29) is 18.4 Å². The van der Waals surface area contributed by atoms with Crippen LogP contribution in [0.1, 0.15) is 43.6 Å². The molecule has 0 aromatic heterocycles. The lowest BCUT2D eigenvalue weighted by Gasteiger charge is -2.28. The molecule has 0 saturated heterocycles. The Bertz CT molecular complexity index is 733. The maximum Gasteiger partial charge on any atom is 0.223 e. The molecule has 126 valence electrons.